The van der Waals surface area contributed by atoms with Crippen LogP contribution in [0.4, 0.5) is 0 Å². The lowest BCUT2D eigenvalue weighted by Crippen LogP contribution is -1.89. The van der Waals surface area contributed by atoms with Crippen LogP contribution in [-0.4, -0.2) is 5.11 Å². The third kappa shape index (κ3) is 6.88. The minimum absolute atomic E-state index is 0. The Balaban J connectivity index is 0.000000923. The monoisotopic (exact) mass is 344 g/mol. The molecule has 0 atom stereocenters. The highest BCUT2D eigenvalue weighted by Gasteiger charge is 2.07. The minimum Gasteiger partial charge on any atom is -0.505 e. The van der Waals surface area contributed by atoms with Crippen molar-refractivity contribution in [2.75, 3.05) is 0 Å². The van der Waals surface area contributed by atoms with E-state index >= 15 is 0 Å². The quantitative estimate of drug-likeness (QED) is 0.626. The number of para-hydroxylation sites is 1. The molecule has 1 N–H and O–H groups in total. The molecule has 0 aliphatic carbocycles. The second-order valence-corrected chi connectivity index (χ2v) is 4.38. The van der Waals surface area contributed by atoms with Crippen molar-refractivity contribution in [1.29, 1.82) is 21.0 Å². The van der Waals surface area contributed by atoms with Crippen LogP contribution in [0.25, 0.3) is 5.76 Å². The number of benzene rings is 2. The first-order valence-electron chi connectivity index (χ1n) is 6.97. The molecular weight excluding hydrogens is 328 g/mol. The van der Waals surface area contributed by atoms with Crippen molar-refractivity contribution in [3.8, 4) is 35.8 Å². The van der Waals surface area contributed by atoms with Gasteiger partial charge in [-0.2, -0.15) is 21.0 Å². The molecule has 6 nitrogen and oxygen atoms in total. The fourth-order valence-electron chi connectivity index (χ4n) is 1.62. The Bertz CT molecular complexity index is 863. The summed E-state index contributed by atoms with van der Waals surface area (Å²) in [4.78, 5) is 0. The van der Waals surface area contributed by atoms with Crippen LogP contribution < -0.4 is 4.74 Å². The van der Waals surface area contributed by atoms with E-state index in [0.29, 0.717) is 17.1 Å². The second kappa shape index (κ2) is 12.2. The molecule has 26 heavy (non-hydrogen) atoms. The van der Waals surface area contributed by atoms with Crippen LogP contribution in [0.3, 0.4) is 0 Å². The van der Waals surface area contributed by atoms with E-state index in [-0.39, 0.29) is 25.2 Å². The van der Waals surface area contributed by atoms with Gasteiger partial charge in [-0.1, -0.05) is 25.6 Å². The normalized spacial score (nSPS) is 7.85. The van der Waals surface area contributed by atoms with E-state index in [1.165, 1.54) is 0 Å². The average molecular weight is 344 g/mol. The Kier molecular flexibility index (Phi) is 10.2. The highest BCUT2D eigenvalue weighted by atomic mass is 16.5. The minimum atomic E-state index is -0.332. The maximum atomic E-state index is 9.75. The number of aliphatic hydroxyl groups excluding tert-OH is 1. The summed E-state index contributed by atoms with van der Waals surface area (Å²) in [5, 5.41) is 42.3. The summed E-state index contributed by atoms with van der Waals surface area (Å²) in [7, 11) is 0. The number of hydrogen-bond donors (Lipinski definition) is 1. The molecule has 0 aliphatic heterocycles. The number of nitrogens with zero attached hydrogens (tertiary/aromatic N) is 4. The molecule has 0 aliphatic rings. The summed E-state index contributed by atoms with van der Waals surface area (Å²) < 4.78 is 5.60. The molecule has 0 saturated heterocycles. The lowest BCUT2D eigenvalue weighted by molar-refractivity contribution is 0.482. The van der Waals surface area contributed by atoms with Crippen molar-refractivity contribution in [3.63, 3.8) is 0 Å². The van der Waals surface area contributed by atoms with Gasteiger partial charge in [-0.25, -0.2) is 0 Å². The van der Waals surface area contributed by atoms with Crippen molar-refractivity contribution >= 4 is 5.76 Å². The van der Waals surface area contributed by atoms with Gasteiger partial charge in [0, 0.05) is 5.56 Å². The van der Waals surface area contributed by atoms with E-state index in [1.54, 1.807) is 48.5 Å². The first-order valence-corrected chi connectivity index (χ1v) is 6.97. The molecule has 0 spiro atoms. The lowest BCUT2D eigenvalue weighted by Gasteiger charge is -2.06. The van der Waals surface area contributed by atoms with Crippen molar-refractivity contribution in [2.24, 2.45) is 0 Å². The molecule has 2 rings (SSSR count). The third-order valence-corrected chi connectivity index (χ3v) is 2.73. The van der Waals surface area contributed by atoms with Crippen LogP contribution in [0.15, 0.2) is 60.2 Å². The maximum Gasteiger partial charge on any atom is 0.171 e. The first kappa shape index (κ1) is 21.7. The number of aliphatic hydroxyl groups is 1. The zero-order chi connectivity index (χ0) is 18.5. The van der Waals surface area contributed by atoms with Crippen LogP contribution in [-0.2, 0) is 0 Å². The van der Waals surface area contributed by atoms with Gasteiger partial charge in [-0.05, 0) is 36.4 Å². The SMILES string of the molecule is C.N#CC(C#N)=C(O)c1ccc(Oc2ccccc2)cc1.N#CCC#N. The van der Waals surface area contributed by atoms with E-state index in [4.69, 9.17) is 25.8 Å². The number of nitriles is 4. The van der Waals surface area contributed by atoms with E-state index in [0.717, 1.165) is 0 Å². The summed E-state index contributed by atoms with van der Waals surface area (Å²) in [6, 6.07) is 22.4. The van der Waals surface area contributed by atoms with E-state index in [9.17, 15) is 5.11 Å². The van der Waals surface area contributed by atoms with Gasteiger partial charge in [0.2, 0.25) is 0 Å². The molecular formula is C20H16N4O2. The van der Waals surface area contributed by atoms with E-state index in [2.05, 4.69) is 0 Å². The number of ether oxygens (including phenoxy) is 1. The van der Waals surface area contributed by atoms with Crippen LogP contribution in [0, 0.1) is 45.3 Å². The van der Waals surface area contributed by atoms with Gasteiger partial charge >= 0.3 is 0 Å². The Morgan fingerprint density at radius 1 is 0.808 bits per heavy atom. The smallest absolute Gasteiger partial charge is 0.171 e. The fourth-order valence-corrected chi connectivity index (χ4v) is 1.62. The molecule has 0 saturated carbocycles. The summed E-state index contributed by atoms with van der Waals surface area (Å²) in [5.74, 6) is 0.972. The van der Waals surface area contributed by atoms with Crippen LogP contribution >= 0.6 is 0 Å². The maximum absolute atomic E-state index is 9.75. The fraction of sp³-hybridized carbons (Fsp3) is 0.100. The predicted molar refractivity (Wildman–Crippen MR) is 96.3 cm³/mol. The third-order valence-electron chi connectivity index (χ3n) is 2.73. The molecule has 0 bridgehead atoms. The molecule has 0 radical (unpaired) electrons. The molecule has 6 heteroatoms. The van der Waals surface area contributed by atoms with Gasteiger partial charge in [0.15, 0.2) is 11.3 Å². The molecule has 0 fully saturated rings. The van der Waals surface area contributed by atoms with Gasteiger partial charge in [-0.3, -0.25) is 0 Å². The summed E-state index contributed by atoms with van der Waals surface area (Å²) in [6.07, 6.45) is 0. The molecule has 128 valence electrons. The summed E-state index contributed by atoms with van der Waals surface area (Å²) in [6.45, 7) is 0. The zero-order valence-corrected chi connectivity index (χ0v) is 13.0. The van der Waals surface area contributed by atoms with E-state index in [1.807, 2.05) is 30.3 Å². The van der Waals surface area contributed by atoms with Gasteiger partial charge in [0.05, 0.1) is 12.1 Å². The Labute approximate surface area is 152 Å². The Morgan fingerprint density at radius 3 is 1.73 bits per heavy atom. The van der Waals surface area contributed by atoms with Crippen LogP contribution in [0.5, 0.6) is 11.5 Å². The Morgan fingerprint density at radius 2 is 1.31 bits per heavy atom. The van der Waals surface area contributed by atoms with Crippen LogP contribution in [0.1, 0.15) is 19.4 Å². The highest BCUT2D eigenvalue weighted by Crippen LogP contribution is 2.23. The zero-order valence-electron chi connectivity index (χ0n) is 13.0. The van der Waals surface area contributed by atoms with Crippen LogP contribution in [0.2, 0.25) is 0 Å². The van der Waals surface area contributed by atoms with Crippen molar-refractivity contribution in [1.82, 2.24) is 0 Å². The highest BCUT2D eigenvalue weighted by molar-refractivity contribution is 5.69. The molecule has 0 heterocycles. The molecule has 0 aromatic heterocycles. The molecule has 2 aromatic rings. The second-order valence-electron chi connectivity index (χ2n) is 4.38. The number of allylic oxidation sites excluding steroid dienone is 1. The average Bonchev–Trinajstić information content (AvgIpc) is 2.65. The lowest BCUT2D eigenvalue weighted by atomic mass is 10.1. The molecule has 0 amide bonds. The van der Waals surface area contributed by atoms with Crippen molar-refractivity contribution in [3.05, 3.63) is 65.7 Å². The molecule has 0 unspecified atom stereocenters. The predicted octanol–water partition coefficient (Wildman–Crippen LogP) is 4.85. The van der Waals surface area contributed by atoms with Crippen molar-refractivity contribution in [2.45, 2.75) is 13.8 Å². The van der Waals surface area contributed by atoms with Crippen molar-refractivity contribution < 1.29 is 9.84 Å². The number of hydrogen-bond acceptors (Lipinski definition) is 6. The van der Waals surface area contributed by atoms with Gasteiger partial charge in [0.25, 0.3) is 0 Å². The van der Waals surface area contributed by atoms with E-state index < -0.39 is 0 Å². The number of rotatable bonds is 3. The Hall–Kier alpha value is -4.26. The van der Waals surface area contributed by atoms with Gasteiger partial charge in [-0.15, -0.1) is 0 Å². The summed E-state index contributed by atoms with van der Waals surface area (Å²) in [5.41, 5.74) is 0.0743. The largest absolute Gasteiger partial charge is 0.505 e. The first-order chi connectivity index (χ1) is 12.2. The topological polar surface area (TPSA) is 125 Å². The molecule has 2 aromatic carbocycles. The standard InChI is InChI=1S/C16H10N2O2.C3H2N2.CH4/c17-10-13(11-18)16(19)12-6-8-15(9-7-12)20-14-4-2-1-3-5-14;4-2-1-3-5;/h1-9,19H;1H2;1H4. The van der Waals surface area contributed by atoms with Gasteiger partial charge < -0.3 is 9.84 Å². The summed E-state index contributed by atoms with van der Waals surface area (Å²) >= 11 is 0. The van der Waals surface area contributed by atoms with Gasteiger partial charge in [0.1, 0.15) is 30.1 Å².